The van der Waals surface area contributed by atoms with Crippen molar-refractivity contribution >= 4 is 13.3 Å². The topological polar surface area (TPSA) is 38.9 Å². The first-order valence-electron chi connectivity index (χ1n) is 3.77. The predicted octanol–water partition coefficient (Wildman–Crippen LogP) is -0.179. The van der Waals surface area contributed by atoms with Crippen LogP contribution in [0.1, 0.15) is 23.7 Å². The maximum absolute atomic E-state index is 5.79. The molecule has 1 heterocycles. The van der Waals surface area contributed by atoms with Gasteiger partial charge in [-0.05, 0) is 18.4 Å². The average molecular weight is 144 g/mol. The zero-order valence-electron chi connectivity index (χ0n) is 6.25. The van der Waals surface area contributed by atoms with Gasteiger partial charge in [0.25, 0.3) is 0 Å². The Bertz CT molecular complexity index is 285. The number of nitrogens with zero attached hydrogens (tertiary/aromatic N) is 1. The van der Waals surface area contributed by atoms with Crippen LogP contribution in [0.15, 0.2) is 12.3 Å². The summed E-state index contributed by atoms with van der Waals surface area (Å²) in [5.41, 5.74) is 8.77. The molecule has 1 aromatic rings. The lowest BCUT2D eigenvalue weighted by molar-refractivity contribution is 0.698. The predicted molar refractivity (Wildman–Crippen MR) is 44.9 cm³/mol. The van der Waals surface area contributed by atoms with Gasteiger partial charge >= 0.3 is 0 Å². The van der Waals surface area contributed by atoms with E-state index in [2.05, 4.69) is 4.98 Å². The molecule has 0 saturated heterocycles. The first-order valence-corrected chi connectivity index (χ1v) is 3.77. The highest BCUT2D eigenvalue weighted by Crippen LogP contribution is 2.25. The second kappa shape index (κ2) is 2.34. The van der Waals surface area contributed by atoms with Crippen LogP contribution < -0.4 is 11.2 Å². The van der Waals surface area contributed by atoms with E-state index in [1.54, 1.807) is 6.20 Å². The van der Waals surface area contributed by atoms with Gasteiger partial charge < -0.3 is 5.73 Å². The van der Waals surface area contributed by atoms with Crippen LogP contribution in [0.4, 0.5) is 0 Å². The maximum Gasteiger partial charge on any atom is 0.115 e. The summed E-state index contributed by atoms with van der Waals surface area (Å²) in [5, 5.41) is 0. The molecule has 3 heteroatoms. The summed E-state index contributed by atoms with van der Waals surface area (Å²) >= 11 is 0. The van der Waals surface area contributed by atoms with Crippen LogP contribution in [-0.2, 0) is 6.42 Å². The third-order valence-electron chi connectivity index (χ3n) is 2.10. The van der Waals surface area contributed by atoms with Crippen LogP contribution in [0.5, 0.6) is 0 Å². The molecule has 0 saturated carbocycles. The summed E-state index contributed by atoms with van der Waals surface area (Å²) < 4.78 is 0. The molecule has 2 radical (unpaired) electrons. The zero-order chi connectivity index (χ0) is 7.84. The average Bonchev–Trinajstić information content (AvgIpc) is 2.32. The highest BCUT2D eigenvalue weighted by atomic mass is 14.8. The molecule has 0 spiro atoms. The Hall–Kier alpha value is -0.825. The van der Waals surface area contributed by atoms with Crippen molar-refractivity contribution in [1.82, 2.24) is 4.98 Å². The molecule has 0 amide bonds. The number of hydrogen-bond donors (Lipinski definition) is 1. The fourth-order valence-corrected chi connectivity index (χ4v) is 1.52. The van der Waals surface area contributed by atoms with Crippen LogP contribution in [0, 0.1) is 0 Å². The van der Waals surface area contributed by atoms with E-state index >= 15 is 0 Å². The van der Waals surface area contributed by atoms with Crippen LogP contribution in [-0.4, -0.2) is 12.8 Å². The quantitative estimate of drug-likeness (QED) is 0.513. The Morgan fingerprint density at radius 2 is 2.45 bits per heavy atom. The van der Waals surface area contributed by atoms with Crippen molar-refractivity contribution in [3.05, 3.63) is 23.5 Å². The fraction of sp³-hybridized carbons (Fsp3) is 0.375. The summed E-state index contributed by atoms with van der Waals surface area (Å²) in [4.78, 5) is 4.19. The van der Waals surface area contributed by atoms with Crippen molar-refractivity contribution in [3.63, 3.8) is 0 Å². The van der Waals surface area contributed by atoms with E-state index in [9.17, 15) is 0 Å². The summed E-state index contributed by atoms with van der Waals surface area (Å²) in [6, 6.07) is 2.10. The number of rotatable bonds is 0. The number of aromatic nitrogens is 1. The van der Waals surface area contributed by atoms with Gasteiger partial charge in [-0.2, -0.15) is 0 Å². The lowest BCUT2D eigenvalue weighted by Gasteiger charge is -2.02. The lowest BCUT2D eigenvalue weighted by Crippen LogP contribution is -2.10. The minimum atomic E-state index is 0.130. The standard InChI is InChI=1S/C8H9BN2/c9-6-3-5-1-2-7(10)8(5)11-4-6/h3-4,7H,1-2,10H2. The molecular weight excluding hydrogens is 135 g/mol. The van der Waals surface area contributed by atoms with Crippen LogP contribution in [0.25, 0.3) is 0 Å². The zero-order valence-corrected chi connectivity index (χ0v) is 6.25. The molecule has 2 nitrogen and oxygen atoms in total. The number of fused-ring (bicyclic) bond motifs is 1. The first-order chi connectivity index (χ1) is 5.27. The Kier molecular flexibility index (Phi) is 1.46. The molecule has 2 N–H and O–H groups in total. The largest absolute Gasteiger partial charge is 0.323 e. The first kappa shape index (κ1) is 6.86. The van der Waals surface area contributed by atoms with Crippen molar-refractivity contribution < 1.29 is 0 Å². The Morgan fingerprint density at radius 1 is 1.64 bits per heavy atom. The van der Waals surface area contributed by atoms with Gasteiger partial charge in [-0.1, -0.05) is 11.5 Å². The monoisotopic (exact) mass is 144 g/mol. The number of pyridine rings is 1. The van der Waals surface area contributed by atoms with Gasteiger partial charge in [0.05, 0.1) is 5.69 Å². The van der Waals surface area contributed by atoms with Crippen LogP contribution in [0.3, 0.4) is 0 Å². The molecule has 0 fully saturated rings. The number of aryl methyl sites for hydroxylation is 1. The Morgan fingerprint density at radius 3 is 3.27 bits per heavy atom. The molecule has 1 aliphatic rings. The Balaban J connectivity index is 2.50. The van der Waals surface area contributed by atoms with E-state index in [0.717, 1.165) is 24.0 Å². The van der Waals surface area contributed by atoms with Gasteiger partial charge in [-0.3, -0.25) is 4.98 Å². The highest BCUT2D eigenvalue weighted by Gasteiger charge is 2.19. The van der Waals surface area contributed by atoms with Crippen molar-refractivity contribution in [1.29, 1.82) is 0 Å². The molecule has 2 rings (SSSR count). The van der Waals surface area contributed by atoms with Gasteiger partial charge in [0.2, 0.25) is 0 Å². The fourth-order valence-electron chi connectivity index (χ4n) is 1.52. The van der Waals surface area contributed by atoms with Gasteiger partial charge in [0, 0.05) is 12.2 Å². The molecule has 0 aromatic carbocycles. The van der Waals surface area contributed by atoms with Gasteiger partial charge in [0.15, 0.2) is 0 Å². The van der Waals surface area contributed by atoms with Crippen molar-refractivity contribution in [2.75, 3.05) is 0 Å². The molecule has 11 heavy (non-hydrogen) atoms. The summed E-state index contributed by atoms with van der Waals surface area (Å²) in [6.45, 7) is 0. The Labute approximate surface area is 67.2 Å². The number of nitrogens with two attached hydrogens (primary N) is 1. The van der Waals surface area contributed by atoms with Crippen molar-refractivity contribution in [2.24, 2.45) is 5.73 Å². The normalized spacial score (nSPS) is 21.7. The molecule has 0 bridgehead atoms. The molecule has 54 valence electrons. The van der Waals surface area contributed by atoms with E-state index in [4.69, 9.17) is 13.6 Å². The number of hydrogen-bond acceptors (Lipinski definition) is 2. The second-order valence-electron chi connectivity index (χ2n) is 2.96. The third-order valence-corrected chi connectivity index (χ3v) is 2.10. The third kappa shape index (κ3) is 1.05. The van der Waals surface area contributed by atoms with Crippen LogP contribution in [0.2, 0.25) is 0 Å². The molecule has 1 atom stereocenters. The summed E-state index contributed by atoms with van der Waals surface area (Å²) in [6.07, 6.45) is 3.70. The molecule has 1 unspecified atom stereocenters. The molecule has 1 aromatic heterocycles. The maximum atomic E-state index is 5.79. The minimum absolute atomic E-state index is 0.130. The summed E-state index contributed by atoms with van der Waals surface area (Å²) in [7, 11) is 5.57. The highest BCUT2D eigenvalue weighted by molar-refractivity contribution is 6.32. The van der Waals surface area contributed by atoms with Gasteiger partial charge in [-0.25, -0.2) is 0 Å². The SMILES string of the molecule is [B]c1cnc2c(c1)CCC2N. The molecular formula is C8H9BN2. The van der Waals surface area contributed by atoms with Gasteiger partial charge in [-0.15, -0.1) is 0 Å². The van der Waals surface area contributed by atoms with Crippen molar-refractivity contribution in [2.45, 2.75) is 18.9 Å². The van der Waals surface area contributed by atoms with E-state index in [1.165, 1.54) is 5.56 Å². The minimum Gasteiger partial charge on any atom is -0.323 e. The van der Waals surface area contributed by atoms with E-state index < -0.39 is 0 Å². The summed E-state index contributed by atoms with van der Waals surface area (Å²) in [5.74, 6) is 0. The molecule has 1 aliphatic carbocycles. The van der Waals surface area contributed by atoms with Crippen LogP contribution >= 0.6 is 0 Å². The van der Waals surface area contributed by atoms with E-state index in [-0.39, 0.29) is 6.04 Å². The van der Waals surface area contributed by atoms with Gasteiger partial charge in [0.1, 0.15) is 7.85 Å². The van der Waals surface area contributed by atoms with E-state index in [0.29, 0.717) is 0 Å². The van der Waals surface area contributed by atoms with Crippen molar-refractivity contribution in [3.8, 4) is 0 Å². The van der Waals surface area contributed by atoms with E-state index in [1.807, 2.05) is 6.07 Å². The second-order valence-corrected chi connectivity index (χ2v) is 2.96. The molecule has 0 aliphatic heterocycles. The lowest BCUT2D eigenvalue weighted by atomic mass is 9.96. The smallest absolute Gasteiger partial charge is 0.115 e.